The Kier molecular flexibility index (Phi) is 3.05. The van der Waals surface area contributed by atoms with Crippen LogP contribution in [0.3, 0.4) is 0 Å². The van der Waals surface area contributed by atoms with Gasteiger partial charge in [0.05, 0.1) is 0 Å². The van der Waals surface area contributed by atoms with E-state index in [2.05, 4.69) is 39.8 Å². The maximum atomic E-state index is 12.7. The van der Waals surface area contributed by atoms with E-state index in [1.165, 1.54) is 5.56 Å². The van der Waals surface area contributed by atoms with E-state index in [9.17, 15) is 4.79 Å². The van der Waals surface area contributed by atoms with Crippen LogP contribution in [0.25, 0.3) is 11.1 Å². The minimum atomic E-state index is 0.0994. The van der Waals surface area contributed by atoms with Gasteiger partial charge >= 0.3 is 0 Å². The molecule has 1 saturated carbocycles. The van der Waals surface area contributed by atoms with Crippen molar-refractivity contribution in [1.82, 2.24) is 0 Å². The maximum Gasteiger partial charge on any atom is 0.167 e. The molecule has 0 amide bonds. The van der Waals surface area contributed by atoms with E-state index in [0.717, 1.165) is 11.1 Å². The molecule has 0 unspecified atom stereocenters. The standard InChI is InChI=1S/C20H22O/c1-19(2)18(20(19,3)4)17(21)16-12-10-15(11-13-16)14-8-6-5-7-9-14/h5-13,18H,1-4H3. The van der Waals surface area contributed by atoms with Gasteiger partial charge in [0.1, 0.15) is 0 Å². The fourth-order valence-corrected chi connectivity index (χ4v) is 3.48. The fraction of sp³-hybridized carbons (Fsp3) is 0.350. The van der Waals surface area contributed by atoms with Gasteiger partial charge in [0, 0.05) is 11.5 Å². The molecule has 1 heteroatoms. The van der Waals surface area contributed by atoms with Crippen LogP contribution in [0.1, 0.15) is 38.1 Å². The summed E-state index contributed by atoms with van der Waals surface area (Å²) in [6, 6.07) is 18.3. The summed E-state index contributed by atoms with van der Waals surface area (Å²) in [5.74, 6) is 0.414. The summed E-state index contributed by atoms with van der Waals surface area (Å²) in [5, 5.41) is 0. The van der Waals surface area contributed by atoms with Crippen LogP contribution in [0.15, 0.2) is 54.6 Å². The molecule has 21 heavy (non-hydrogen) atoms. The van der Waals surface area contributed by atoms with Gasteiger partial charge in [0.25, 0.3) is 0 Å². The van der Waals surface area contributed by atoms with E-state index >= 15 is 0 Å². The average Bonchev–Trinajstić information content (AvgIpc) is 2.89. The van der Waals surface area contributed by atoms with E-state index in [1.807, 2.05) is 42.5 Å². The second kappa shape index (κ2) is 4.56. The highest BCUT2D eigenvalue weighted by molar-refractivity contribution is 6.01. The first-order valence-corrected chi connectivity index (χ1v) is 7.55. The van der Waals surface area contributed by atoms with E-state index in [4.69, 9.17) is 0 Å². The Bertz CT molecular complexity index is 649. The zero-order valence-electron chi connectivity index (χ0n) is 13.2. The van der Waals surface area contributed by atoms with Crippen LogP contribution in [0.2, 0.25) is 0 Å². The van der Waals surface area contributed by atoms with E-state index < -0.39 is 0 Å². The summed E-state index contributed by atoms with van der Waals surface area (Å²) < 4.78 is 0. The van der Waals surface area contributed by atoms with Crippen LogP contribution in [-0.4, -0.2) is 5.78 Å². The van der Waals surface area contributed by atoms with E-state index in [0.29, 0.717) is 0 Å². The van der Waals surface area contributed by atoms with Gasteiger partial charge in [-0.1, -0.05) is 82.3 Å². The summed E-state index contributed by atoms with van der Waals surface area (Å²) >= 11 is 0. The lowest BCUT2D eigenvalue weighted by Gasteiger charge is -2.05. The molecule has 3 rings (SSSR count). The number of benzene rings is 2. The van der Waals surface area contributed by atoms with Crippen molar-refractivity contribution in [3.05, 3.63) is 60.2 Å². The van der Waals surface area contributed by atoms with E-state index in [1.54, 1.807) is 0 Å². The Balaban J connectivity index is 1.85. The Hall–Kier alpha value is -1.89. The number of carbonyl (C=O) groups is 1. The van der Waals surface area contributed by atoms with Crippen molar-refractivity contribution in [3.8, 4) is 11.1 Å². The predicted octanol–water partition coefficient (Wildman–Crippen LogP) is 5.22. The summed E-state index contributed by atoms with van der Waals surface area (Å²) in [6.07, 6.45) is 0. The Labute approximate surface area is 127 Å². The molecule has 1 fully saturated rings. The zero-order chi connectivity index (χ0) is 15.3. The van der Waals surface area contributed by atoms with Crippen molar-refractivity contribution in [1.29, 1.82) is 0 Å². The lowest BCUT2D eigenvalue weighted by atomic mass is 9.98. The average molecular weight is 278 g/mol. The molecule has 2 aromatic carbocycles. The summed E-state index contributed by atoms with van der Waals surface area (Å²) in [4.78, 5) is 12.7. The summed E-state index contributed by atoms with van der Waals surface area (Å²) in [7, 11) is 0. The maximum absolute atomic E-state index is 12.7. The third kappa shape index (κ3) is 2.12. The first-order valence-electron chi connectivity index (χ1n) is 7.55. The molecule has 0 aliphatic heterocycles. The fourth-order valence-electron chi connectivity index (χ4n) is 3.48. The molecule has 0 radical (unpaired) electrons. The molecule has 0 saturated heterocycles. The Morgan fingerprint density at radius 3 is 1.71 bits per heavy atom. The number of carbonyl (C=O) groups excluding carboxylic acids is 1. The zero-order valence-corrected chi connectivity index (χ0v) is 13.2. The summed E-state index contributed by atoms with van der Waals surface area (Å²) in [5.41, 5.74) is 3.37. The van der Waals surface area contributed by atoms with Gasteiger partial charge in [-0.3, -0.25) is 4.79 Å². The molecule has 0 aromatic heterocycles. The van der Waals surface area contributed by atoms with Crippen LogP contribution in [-0.2, 0) is 0 Å². The molecule has 0 spiro atoms. The largest absolute Gasteiger partial charge is 0.294 e. The quantitative estimate of drug-likeness (QED) is 0.704. The Morgan fingerprint density at radius 1 is 0.762 bits per heavy atom. The number of hydrogen-bond donors (Lipinski definition) is 0. The monoisotopic (exact) mass is 278 g/mol. The Morgan fingerprint density at radius 2 is 1.24 bits per heavy atom. The first-order chi connectivity index (χ1) is 9.85. The molecular weight excluding hydrogens is 256 g/mol. The van der Waals surface area contributed by atoms with Crippen molar-refractivity contribution in [2.75, 3.05) is 0 Å². The lowest BCUT2D eigenvalue weighted by Crippen LogP contribution is -2.07. The number of ketones is 1. The number of hydrogen-bond acceptors (Lipinski definition) is 1. The highest BCUT2D eigenvalue weighted by Gasteiger charge is 2.67. The van der Waals surface area contributed by atoms with Crippen molar-refractivity contribution >= 4 is 5.78 Å². The predicted molar refractivity (Wildman–Crippen MR) is 87.3 cm³/mol. The van der Waals surface area contributed by atoms with Crippen molar-refractivity contribution in [3.63, 3.8) is 0 Å². The van der Waals surface area contributed by atoms with Crippen LogP contribution >= 0.6 is 0 Å². The van der Waals surface area contributed by atoms with Gasteiger partial charge in [-0.2, -0.15) is 0 Å². The van der Waals surface area contributed by atoms with Gasteiger partial charge in [-0.25, -0.2) is 0 Å². The van der Waals surface area contributed by atoms with Gasteiger partial charge in [0.15, 0.2) is 5.78 Å². The lowest BCUT2D eigenvalue weighted by molar-refractivity contribution is 0.0945. The second-order valence-electron chi connectivity index (χ2n) is 7.18. The van der Waals surface area contributed by atoms with Gasteiger partial charge in [-0.15, -0.1) is 0 Å². The number of Topliss-reactive ketones (excluding diaryl/α,β-unsaturated/α-hetero) is 1. The molecule has 2 aromatic rings. The van der Waals surface area contributed by atoms with E-state index in [-0.39, 0.29) is 22.5 Å². The smallest absolute Gasteiger partial charge is 0.167 e. The molecular formula is C20H22O. The molecule has 1 aliphatic rings. The molecule has 0 heterocycles. The normalized spacial score (nSPS) is 19.2. The molecule has 0 N–H and O–H groups in total. The molecule has 1 nitrogen and oxygen atoms in total. The van der Waals surface area contributed by atoms with Crippen LogP contribution < -0.4 is 0 Å². The summed E-state index contributed by atoms with van der Waals surface area (Å²) in [6.45, 7) is 8.75. The van der Waals surface area contributed by atoms with Crippen LogP contribution in [0, 0.1) is 16.7 Å². The topological polar surface area (TPSA) is 17.1 Å². The second-order valence-corrected chi connectivity index (χ2v) is 7.18. The number of rotatable bonds is 3. The minimum absolute atomic E-state index is 0.0994. The molecule has 108 valence electrons. The van der Waals surface area contributed by atoms with Crippen molar-refractivity contribution in [2.45, 2.75) is 27.7 Å². The molecule has 1 aliphatic carbocycles. The van der Waals surface area contributed by atoms with Crippen molar-refractivity contribution in [2.24, 2.45) is 16.7 Å². The van der Waals surface area contributed by atoms with Crippen LogP contribution in [0.4, 0.5) is 0 Å². The van der Waals surface area contributed by atoms with Crippen molar-refractivity contribution < 1.29 is 4.79 Å². The van der Waals surface area contributed by atoms with Gasteiger partial charge in [-0.05, 0) is 22.0 Å². The SMILES string of the molecule is CC1(C)C(C(=O)c2ccc(-c3ccccc3)cc2)C1(C)C. The van der Waals surface area contributed by atoms with Gasteiger partial charge in [0.2, 0.25) is 0 Å². The highest BCUT2D eigenvalue weighted by Crippen LogP contribution is 2.69. The molecule has 0 bridgehead atoms. The highest BCUT2D eigenvalue weighted by atomic mass is 16.1. The third-order valence-corrected chi connectivity index (χ3v) is 5.56. The third-order valence-electron chi connectivity index (χ3n) is 5.56. The minimum Gasteiger partial charge on any atom is -0.294 e. The van der Waals surface area contributed by atoms with Gasteiger partial charge < -0.3 is 0 Å². The van der Waals surface area contributed by atoms with Crippen LogP contribution in [0.5, 0.6) is 0 Å². The molecule has 0 atom stereocenters. The first kappa shape index (κ1) is 14.1.